The van der Waals surface area contributed by atoms with E-state index >= 15 is 0 Å². The molecule has 5 nitrogen and oxygen atoms in total. The Morgan fingerprint density at radius 2 is 1.81 bits per heavy atom. The van der Waals surface area contributed by atoms with E-state index in [2.05, 4.69) is 49.3 Å². The van der Waals surface area contributed by atoms with Gasteiger partial charge in [0.15, 0.2) is 5.96 Å². The van der Waals surface area contributed by atoms with Gasteiger partial charge in [-0.2, -0.15) is 0 Å². The van der Waals surface area contributed by atoms with Crippen LogP contribution in [0.5, 0.6) is 0 Å². The van der Waals surface area contributed by atoms with Crippen molar-refractivity contribution >= 4 is 40.9 Å². The first-order chi connectivity index (χ1) is 12.7. The van der Waals surface area contributed by atoms with E-state index in [-0.39, 0.29) is 24.0 Å². The molecule has 1 aromatic carbocycles. The average Bonchev–Trinajstić information content (AvgIpc) is 2.99. The number of benzene rings is 1. The Labute approximate surface area is 181 Å². The summed E-state index contributed by atoms with van der Waals surface area (Å²) in [4.78, 5) is 7.16. The van der Waals surface area contributed by atoms with E-state index in [1.807, 2.05) is 18.2 Å². The van der Waals surface area contributed by atoms with E-state index < -0.39 is 0 Å². The highest BCUT2D eigenvalue weighted by atomic mass is 127. The van der Waals surface area contributed by atoms with Crippen LogP contribution >= 0.6 is 24.0 Å². The van der Waals surface area contributed by atoms with Crippen LogP contribution in [0, 0.1) is 6.92 Å². The van der Waals surface area contributed by atoms with E-state index in [0.29, 0.717) is 6.54 Å². The Morgan fingerprint density at radius 3 is 2.48 bits per heavy atom. The van der Waals surface area contributed by atoms with Crippen LogP contribution in [0.2, 0.25) is 0 Å². The SMILES string of the molecule is CCNC(=NCc1oc2ccccc2c1C)NCCCCN(CC)CC.I. The number of rotatable bonds is 10. The molecule has 0 atom stereocenters. The second-order valence-electron chi connectivity index (χ2n) is 6.50. The number of guanidine groups is 1. The lowest BCUT2D eigenvalue weighted by atomic mass is 10.1. The minimum absolute atomic E-state index is 0. The maximum atomic E-state index is 5.95. The molecule has 152 valence electrons. The predicted octanol–water partition coefficient (Wildman–Crippen LogP) is 4.54. The van der Waals surface area contributed by atoms with E-state index in [1.165, 1.54) is 23.9 Å². The summed E-state index contributed by atoms with van der Waals surface area (Å²) in [5.74, 6) is 1.79. The maximum Gasteiger partial charge on any atom is 0.191 e. The van der Waals surface area contributed by atoms with Gasteiger partial charge in [0.2, 0.25) is 0 Å². The molecule has 1 heterocycles. The maximum absolute atomic E-state index is 5.95. The summed E-state index contributed by atoms with van der Waals surface area (Å²) < 4.78 is 5.95. The first-order valence-corrected chi connectivity index (χ1v) is 9.91. The van der Waals surface area contributed by atoms with Crippen LogP contribution in [0.15, 0.2) is 33.7 Å². The number of aliphatic imine (C=N–C) groups is 1. The second kappa shape index (κ2) is 13.0. The molecule has 0 aliphatic carbocycles. The minimum atomic E-state index is 0. The lowest BCUT2D eigenvalue weighted by Crippen LogP contribution is -2.38. The number of para-hydroxylation sites is 1. The van der Waals surface area contributed by atoms with Gasteiger partial charge in [0.25, 0.3) is 0 Å². The van der Waals surface area contributed by atoms with Gasteiger partial charge in [0, 0.05) is 24.0 Å². The highest BCUT2D eigenvalue weighted by Gasteiger charge is 2.09. The number of aryl methyl sites for hydroxylation is 1. The van der Waals surface area contributed by atoms with E-state index in [9.17, 15) is 0 Å². The molecule has 0 radical (unpaired) electrons. The van der Waals surface area contributed by atoms with Gasteiger partial charge < -0.3 is 20.0 Å². The molecular formula is C21H35IN4O. The summed E-state index contributed by atoms with van der Waals surface area (Å²) in [6, 6.07) is 8.15. The molecule has 1 aromatic heterocycles. The van der Waals surface area contributed by atoms with Gasteiger partial charge >= 0.3 is 0 Å². The van der Waals surface area contributed by atoms with Gasteiger partial charge in [0.05, 0.1) is 0 Å². The summed E-state index contributed by atoms with van der Waals surface area (Å²) in [6.07, 6.45) is 2.35. The molecular weight excluding hydrogens is 451 g/mol. The summed E-state index contributed by atoms with van der Waals surface area (Å²) in [7, 11) is 0. The van der Waals surface area contributed by atoms with Crippen molar-refractivity contribution in [2.24, 2.45) is 4.99 Å². The number of hydrogen-bond acceptors (Lipinski definition) is 3. The van der Waals surface area contributed by atoms with Crippen LogP contribution in [-0.2, 0) is 6.54 Å². The van der Waals surface area contributed by atoms with Crippen molar-refractivity contribution in [2.45, 2.75) is 47.1 Å². The Hall–Kier alpha value is -1.28. The molecule has 0 bridgehead atoms. The molecule has 6 heteroatoms. The molecule has 0 spiro atoms. The molecule has 0 amide bonds. The zero-order valence-corrected chi connectivity index (χ0v) is 19.5. The molecule has 27 heavy (non-hydrogen) atoms. The van der Waals surface area contributed by atoms with Gasteiger partial charge in [-0.3, -0.25) is 0 Å². The molecule has 0 unspecified atom stereocenters. The zero-order chi connectivity index (χ0) is 18.8. The van der Waals surface area contributed by atoms with Crippen molar-refractivity contribution in [3.8, 4) is 0 Å². The highest BCUT2D eigenvalue weighted by Crippen LogP contribution is 2.25. The van der Waals surface area contributed by atoms with Crippen molar-refractivity contribution in [3.05, 3.63) is 35.6 Å². The van der Waals surface area contributed by atoms with Crippen LogP contribution in [-0.4, -0.2) is 43.6 Å². The van der Waals surface area contributed by atoms with Gasteiger partial charge in [-0.05, 0) is 52.4 Å². The number of hydrogen-bond donors (Lipinski definition) is 2. The fraction of sp³-hybridized carbons (Fsp3) is 0.571. The molecule has 0 saturated heterocycles. The van der Waals surface area contributed by atoms with Gasteiger partial charge in [-0.25, -0.2) is 4.99 Å². The van der Waals surface area contributed by atoms with Crippen molar-refractivity contribution in [1.29, 1.82) is 0 Å². The number of fused-ring (bicyclic) bond motifs is 1. The normalized spacial score (nSPS) is 11.7. The smallest absolute Gasteiger partial charge is 0.191 e. The fourth-order valence-electron chi connectivity index (χ4n) is 3.08. The lowest BCUT2D eigenvalue weighted by molar-refractivity contribution is 0.297. The van der Waals surface area contributed by atoms with Crippen molar-refractivity contribution in [3.63, 3.8) is 0 Å². The topological polar surface area (TPSA) is 52.8 Å². The molecule has 2 aromatic rings. The van der Waals surface area contributed by atoms with Crippen LogP contribution in [0.1, 0.15) is 44.9 Å². The molecule has 0 saturated carbocycles. The number of nitrogens with zero attached hydrogens (tertiary/aromatic N) is 2. The molecule has 0 fully saturated rings. The van der Waals surface area contributed by atoms with Gasteiger partial charge in [0.1, 0.15) is 17.9 Å². The van der Waals surface area contributed by atoms with E-state index in [0.717, 1.165) is 49.9 Å². The lowest BCUT2D eigenvalue weighted by Gasteiger charge is -2.18. The summed E-state index contributed by atoms with van der Waals surface area (Å²) in [6.45, 7) is 14.4. The Bertz CT molecular complexity index is 695. The van der Waals surface area contributed by atoms with Crippen LogP contribution < -0.4 is 10.6 Å². The fourth-order valence-corrected chi connectivity index (χ4v) is 3.08. The summed E-state index contributed by atoms with van der Waals surface area (Å²) >= 11 is 0. The molecule has 0 aliphatic heterocycles. The Balaban J connectivity index is 0.00000364. The van der Waals surface area contributed by atoms with Crippen molar-refractivity contribution < 1.29 is 4.42 Å². The van der Waals surface area contributed by atoms with E-state index in [1.54, 1.807) is 0 Å². The van der Waals surface area contributed by atoms with Gasteiger partial charge in [-0.15, -0.1) is 24.0 Å². The average molecular weight is 486 g/mol. The van der Waals surface area contributed by atoms with Crippen molar-refractivity contribution in [2.75, 3.05) is 32.7 Å². The number of unbranched alkanes of at least 4 members (excludes halogenated alkanes) is 1. The molecule has 2 N–H and O–H groups in total. The monoisotopic (exact) mass is 486 g/mol. The first-order valence-electron chi connectivity index (χ1n) is 9.91. The molecule has 2 rings (SSSR count). The minimum Gasteiger partial charge on any atom is -0.459 e. The highest BCUT2D eigenvalue weighted by molar-refractivity contribution is 14.0. The third-order valence-electron chi connectivity index (χ3n) is 4.76. The quantitative estimate of drug-likeness (QED) is 0.224. The summed E-state index contributed by atoms with van der Waals surface area (Å²) in [5.41, 5.74) is 2.11. The number of furan rings is 1. The molecule has 0 aliphatic rings. The zero-order valence-electron chi connectivity index (χ0n) is 17.2. The standard InChI is InChI=1S/C21H34N4O.HI/c1-5-22-21(23-14-10-11-15-25(6-2)7-3)24-16-20-17(4)18-12-8-9-13-19(18)26-20;/h8-9,12-13H,5-7,10-11,14-16H2,1-4H3,(H2,22,23,24);1H. The van der Waals surface area contributed by atoms with Crippen LogP contribution in [0.25, 0.3) is 11.0 Å². The number of nitrogens with one attached hydrogen (secondary N) is 2. The third-order valence-corrected chi connectivity index (χ3v) is 4.76. The van der Waals surface area contributed by atoms with Gasteiger partial charge in [-0.1, -0.05) is 32.0 Å². The van der Waals surface area contributed by atoms with Crippen molar-refractivity contribution in [1.82, 2.24) is 15.5 Å². The Kier molecular flexibility index (Phi) is 11.4. The number of halogens is 1. The summed E-state index contributed by atoms with van der Waals surface area (Å²) in [5, 5.41) is 7.92. The van der Waals surface area contributed by atoms with E-state index in [4.69, 9.17) is 9.41 Å². The van der Waals surface area contributed by atoms with Crippen LogP contribution in [0.3, 0.4) is 0 Å². The Morgan fingerprint density at radius 1 is 1.07 bits per heavy atom. The van der Waals surface area contributed by atoms with Crippen LogP contribution in [0.4, 0.5) is 0 Å². The third kappa shape index (κ3) is 7.33. The largest absolute Gasteiger partial charge is 0.459 e. The first kappa shape index (κ1) is 23.8. The predicted molar refractivity (Wildman–Crippen MR) is 126 cm³/mol. The second-order valence-corrected chi connectivity index (χ2v) is 6.50.